The van der Waals surface area contributed by atoms with Crippen molar-refractivity contribution < 1.29 is 12.8 Å². The van der Waals surface area contributed by atoms with E-state index in [9.17, 15) is 12.8 Å². The van der Waals surface area contributed by atoms with Gasteiger partial charge in [-0.1, -0.05) is 25.8 Å². The second-order valence-corrected chi connectivity index (χ2v) is 7.11. The van der Waals surface area contributed by atoms with Gasteiger partial charge in [0, 0.05) is 6.54 Å². The van der Waals surface area contributed by atoms with Crippen LogP contribution >= 0.6 is 0 Å². The van der Waals surface area contributed by atoms with Crippen LogP contribution in [0.25, 0.3) is 0 Å². The molecule has 0 radical (unpaired) electrons. The summed E-state index contributed by atoms with van der Waals surface area (Å²) in [5.74, 6) is -0.533. The van der Waals surface area contributed by atoms with Crippen LogP contribution in [0.5, 0.6) is 0 Å². The molecule has 0 amide bonds. The van der Waals surface area contributed by atoms with Crippen LogP contribution in [0, 0.1) is 11.2 Å². The van der Waals surface area contributed by atoms with Gasteiger partial charge in [0.05, 0.1) is 4.90 Å². The number of nitrogens with one attached hydrogen (secondary N) is 1. The van der Waals surface area contributed by atoms with E-state index in [1.807, 2.05) is 0 Å². The fourth-order valence-corrected chi connectivity index (χ4v) is 3.93. The van der Waals surface area contributed by atoms with Gasteiger partial charge < -0.3 is 0 Å². The zero-order chi connectivity index (χ0) is 13.9. The highest BCUT2D eigenvalue weighted by molar-refractivity contribution is 7.89. The zero-order valence-corrected chi connectivity index (χ0v) is 12.0. The van der Waals surface area contributed by atoms with Crippen LogP contribution in [0.3, 0.4) is 0 Å². The largest absolute Gasteiger partial charge is 0.240 e. The Kier molecular flexibility index (Phi) is 4.26. The first kappa shape index (κ1) is 14.5. The summed E-state index contributed by atoms with van der Waals surface area (Å²) in [6, 6.07) is 5.12. The summed E-state index contributed by atoms with van der Waals surface area (Å²) < 4.78 is 40.0. The third-order valence-corrected chi connectivity index (χ3v) is 5.56. The molecule has 1 aromatic carbocycles. The molecule has 3 nitrogen and oxygen atoms in total. The molecular weight excluding hydrogens is 265 g/mol. The number of sulfonamides is 1. The van der Waals surface area contributed by atoms with E-state index in [1.54, 1.807) is 0 Å². The lowest BCUT2D eigenvalue weighted by Gasteiger charge is -2.27. The SMILES string of the molecule is CCC1(CNS(=O)(=O)c2cccc(F)c2)CCCC1. The third kappa shape index (κ3) is 3.34. The predicted molar refractivity (Wildman–Crippen MR) is 72.8 cm³/mol. The Labute approximate surface area is 114 Å². The van der Waals surface area contributed by atoms with Crippen molar-refractivity contribution >= 4 is 10.0 Å². The highest BCUT2D eigenvalue weighted by Crippen LogP contribution is 2.40. The van der Waals surface area contributed by atoms with E-state index in [2.05, 4.69) is 11.6 Å². The van der Waals surface area contributed by atoms with Gasteiger partial charge in [-0.15, -0.1) is 0 Å². The normalized spacial score (nSPS) is 18.6. The smallest absolute Gasteiger partial charge is 0.211 e. The van der Waals surface area contributed by atoms with Crippen molar-refractivity contribution in [2.75, 3.05) is 6.54 Å². The molecule has 0 bridgehead atoms. The maximum Gasteiger partial charge on any atom is 0.240 e. The molecule has 0 unspecified atom stereocenters. The van der Waals surface area contributed by atoms with E-state index < -0.39 is 15.8 Å². The number of hydrogen-bond acceptors (Lipinski definition) is 2. The maximum absolute atomic E-state index is 13.1. The fraction of sp³-hybridized carbons (Fsp3) is 0.571. The molecule has 1 aliphatic carbocycles. The number of halogens is 1. The van der Waals surface area contributed by atoms with Crippen molar-refractivity contribution in [3.8, 4) is 0 Å². The molecule has 106 valence electrons. The minimum absolute atomic E-state index is 0.00301. The van der Waals surface area contributed by atoms with E-state index >= 15 is 0 Å². The lowest BCUT2D eigenvalue weighted by atomic mass is 9.84. The van der Waals surface area contributed by atoms with Gasteiger partial charge in [0.1, 0.15) is 5.82 Å². The van der Waals surface area contributed by atoms with Crippen LogP contribution < -0.4 is 4.72 Å². The van der Waals surface area contributed by atoms with Crippen LogP contribution in [0.1, 0.15) is 39.0 Å². The molecule has 0 heterocycles. The molecule has 0 spiro atoms. The van der Waals surface area contributed by atoms with Crippen LogP contribution in [0.2, 0.25) is 0 Å². The molecule has 5 heteroatoms. The average Bonchev–Trinajstić information content (AvgIpc) is 2.86. The summed E-state index contributed by atoms with van der Waals surface area (Å²) in [4.78, 5) is -0.00301. The minimum atomic E-state index is -3.61. The summed E-state index contributed by atoms with van der Waals surface area (Å²) >= 11 is 0. The Morgan fingerprint density at radius 2 is 2.00 bits per heavy atom. The lowest BCUT2D eigenvalue weighted by molar-refractivity contribution is 0.285. The molecule has 0 atom stereocenters. The Morgan fingerprint density at radius 1 is 1.32 bits per heavy atom. The molecular formula is C14H20FNO2S. The topological polar surface area (TPSA) is 46.2 Å². The standard InChI is InChI=1S/C14H20FNO2S/c1-2-14(8-3-4-9-14)11-16-19(17,18)13-7-5-6-12(15)10-13/h5-7,10,16H,2-4,8-9,11H2,1H3. The second kappa shape index (κ2) is 5.59. The van der Waals surface area contributed by atoms with Gasteiger partial charge in [-0.05, 0) is 42.9 Å². The Balaban J connectivity index is 2.09. The summed E-state index contributed by atoms with van der Waals surface area (Å²) in [6.07, 6.45) is 5.42. The molecule has 0 aromatic heterocycles. The summed E-state index contributed by atoms with van der Waals surface area (Å²) in [7, 11) is -3.61. The van der Waals surface area contributed by atoms with Crippen molar-refractivity contribution in [1.82, 2.24) is 4.72 Å². The van der Waals surface area contributed by atoms with Crippen LogP contribution in [-0.2, 0) is 10.0 Å². The van der Waals surface area contributed by atoms with Gasteiger partial charge in [0.15, 0.2) is 0 Å². The molecule has 0 saturated heterocycles. The first-order valence-electron chi connectivity index (χ1n) is 6.73. The van der Waals surface area contributed by atoms with Crippen molar-refractivity contribution in [3.05, 3.63) is 30.1 Å². The fourth-order valence-electron chi connectivity index (χ4n) is 2.75. The molecule has 1 fully saturated rings. The van der Waals surface area contributed by atoms with Gasteiger partial charge in [-0.3, -0.25) is 0 Å². The van der Waals surface area contributed by atoms with Gasteiger partial charge >= 0.3 is 0 Å². The van der Waals surface area contributed by atoms with Gasteiger partial charge in [0.25, 0.3) is 0 Å². The average molecular weight is 285 g/mol. The molecule has 1 saturated carbocycles. The van der Waals surface area contributed by atoms with Crippen molar-refractivity contribution in [2.24, 2.45) is 5.41 Å². The second-order valence-electron chi connectivity index (χ2n) is 5.34. The van der Waals surface area contributed by atoms with Crippen LogP contribution in [-0.4, -0.2) is 15.0 Å². The molecule has 1 aromatic rings. The third-order valence-electron chi connectivity index (χ3n) is 4.16. The van der Waals surface area contributed by atoms with E-state index in [1.165, 1.54) is 18.2 Å². The molecule has 0 aliphatic heterocycles. The van der Waals surface area contributed by atoms with E-state index in [4.69, 9.17) is 0 Å². The zero-order valence-electron chi connectivity index (χ0n) is 11.2. The van der Waals surface area contributed by atoms with Crippen LogP contribution in [0.4, 0.5) is 4.39 Å². The van der Waals surface area contributed by atoms with Gasteiger partial charge in [-0.2, -0.15) is 0 Å². The Hall–Kier alpha value is -0.940. The van der Waals surface area contributed by atoms with E-state index in [0.717, 1.165) is 38.2 Å². The van der Waals surface area contributed by atoms with Crippen molar-refractivity contribution in [2.45, 2.75) is 43.9 Å². The number of benzene rings is 1. The number of rotatable bonds is 5. The Bertz CT molecular complexity index is 536. The minimum Gasteiger partial charge on any atom is -0.211 e. The van der Waals surface area contributed by atoms with Crippen molar-refractivity contribution in [3.63, 3.8) is 0 Å². The van der Waals surface area contributed by atoms with E-state index in [0.29, 0.717) is 6.54 Å². The molecule has 1 N–H and O–H groups in total. The lowest BCUT2D eigenvalue weighted by Crippen LogP contribution is -2.35. The van der Waals surface area contributed by atoms with Crippen LogP contribution in [0.15, 0.2) is 29.2 Å². The highest BCUT2D eigenvalue weighted by Gasteiger charge is 2.33. The monoisotopic (exact) mass is 285 g/mol. The number of hydrogen-bond donors (Lipinski definition) is 1. The quantitative estimate of drug-likeness (QED) is 0.903. The molecule has 19 heavy (non-hydrogen) atoms. The van der Waals surface area contributed by atoms with Gasteiger partial charge in [-0.25, -0.2) is 17.5 Å². The van der Waals surface area contributed by atoms with Gasteiger partial charge in [0.2, 0.25) is 10.0 Å². The summed E-state index contributed by atoms with van der Waals surface area (Å²) in [5.41, 5.74) is 0.0837. The molecule has 2 rings (SSSR count). The predicted octanol–water partition coefficient (Wildman–Crippen LogP) is 3.07. The van der Waals surface area contributed by atoms with E-state index in [-0.39, 0.29) is 10.3 Å². The first-order valence-corrected chi connectivity index (χ1v) is 8.21. The summed E-state index contributed by atoms with van der Waals surface area (Å²) in [5, 5.41) is 0. The first-order chi connectivity index (χ1) is 8.97. The molecule has 1 aliphatic rings. The summed E-state index contributed by atoms with van der Waals surface area (Å²) in [6.45, 7) is 2.55. The maximum atomic E-state index is 13.1. The highest BCUT2D eigenvalue weighted by atomic mass is 32.2. The van der Waals surface area contributed by atoms with Crippen molar-refractivity contribution in [1.29, 1.82) is 0 Å². The Morgan fingerprint density at radius 3 is 2.58 bits per heavy atom.